The summed E-state index contributed by atoms with van der Waals surface area (Å²) >= 11 is 0. The molecule has 0 aliphatic heterocycles. The van der Waals surface area contributed by atoms with Crippen LogP contribution in [0, 0.1) is 16.7 Å². The Kier molecular flexibility index (Phi) is 4.37. The van der Waals surface area contributed by atoms with E-state index in [1.807, 2.05) is 19.9 Å². The van der Waals surface area contributed by atoms with Gasteiger partial charge >= 0.3 is 6.36 Å². The summed E-state index contributed by atoms with van der Waals surface area (Å²) in [6, 6.07) is 7.15. The Morgan fingerprint density at radius 2 is 2.00 bits per heavy atom. The predicted molar refractivity (Wildman–Crippen MR) is 77.4 cm³/mol. The van der Waals surface area contributed by atoms with Gasteiger partial charge in [0.2, 0.25) is 0 Å². The number of halogens is 3. The van der Waals surface area contributed by atoms with E-state index >= 15 is 0 Å². The van der Waals surface area contributed by atoms with Crippen LogP contribution in [0.25, 0.3) is 0 Å². The molecule has 0 amide bonds. The Hall–Kier alpha value is -2.49. The Morgan fingerprint density at radius 1 is 1.30 bits per heavy atom. The molecule has 7 heteroatoms. The van der Waals surface area contributed by atoms with Crippen LogP contribution in [0.3, 0.4) is 0 Å². The molecule has 0 bridgehead atoms. The van der Waals surface area contributed by atoms with Gasteiger partial charge in [0.15, 0.2) is 5.78 Å². The van der Waals surface area contributed by atoms with E-state index in [4.69, 9.17) is 5.26 Å². The lowest BCUT2D eigenvalue weighted by atomic mass is 9.76. The van der Waals surface area contributed by atoms with Crippen LogP contribution < -0.4 is 10.1 Å². The monoisotopic (exact) mass is 324 g/mol. The van der Waals surface area contributed by atoms with Gasteiger partial charge in [-0.3, -0.25) is 4.79 Å². The molecule has 0 saturated heterocycles. The minimum absolute atomic E-state index is 0.0199. The molecule has 0 atom stereocenters. The molecule has 0 heterocycles. The number of carbonyl (C=O) groups excluding carboxylic acids is 1. The van der Waals surface area contributed by atoms with Crippen LogP contribution in [0.1, 0.15) is 26.7 Å². The number of ether oxygens (including phenoxy) is 1. The maximum atomic E-state index is 12.3. The summed E-state index contributed by atoms with van der Waals surface area (Å²) in [6.45, 7) is 3.79. The van der Waals surface area contributed by atoms with E-state index in [0.29, 0.717) is 17.8 Å². The topological polar surface area (TPSA) is 62.1 Å². The smallest absolute Gasteiger partial charge is 0.406 e. The molecule has 4 nitrogen and oxygen atoms in total. The van der Waals surface area contributed by atoms with Crippen molar-refractivity contribution < 1.29 is 22.7 Å². The van der Waals surface area contributed by atoms with E-state index in [1.54, 1.807) is 0 Å². The molecule has 1 aliphatic carbocycles. The third kappa shape index (κ3) is 4.49. The number of hydrogen-bond donors (Lipinski definition) is 1. The first-order valence-electron chi connectivity index (χ1n) is 6.89. The maximum absolute atomic E-state index is 12.3. The van der Waals surface area contributed by atoms with E-state index in [0.717, 1.165) is 0 Å². The average molecular weight is 324 g/mol. The number of allylic oxidation sites excluding steroid dienone is 2. The van der Waals surface area contributed by atoms with Gasteiger partial charge in [0.1, 0.15) is 17.4 Å². The van der Waals surface area contributed by atoms with Crippen LogP contribution in [0.15, 0.2) is 35.5 Å². The van der Waals surface area contributed by atoms with Gasteiger partial charge in [-0.25, -0.2) is 0 Å². The number of hydrogen-bond acceptors (Lipinski definition) is 4. The van der Waals surface area contributed by atoms with Crippen molar-refractivity contribution in [2.24, 2.45) is 5.41 Å². The normalized spacial score (nSPS) is 17.7. The van der Waals surface area contributed by atoms with Crippen molar-refractivity contribution in [2.45, 2.75) is 33.1 Å². The van der Waals surface area contributed by atoms with Crippen LogP contribution in [-0.2, 0) is 4.79 Å². The van der Waals surface area contributed by atoms with Gasteiger partial charge in [0, 0.05) is 23.9 Å². The number of nitrogens with zero attached hydrogens (tertiary/aromatic N) is 1. The molecule has 0 fully saturated rings. The largest absolute Gasteiger partial charge is 0.573 e. The highest BCUT2D eigenvalue weighted by Crippen LogP contribution is 2.37. The number of ketones is 1. The molecule has 1 aromatic carbocycles. The molecule has 122 valence electrons. The summed E-state index contributed by atoms with van der Waals surface area (Å²) in [4.78, 5) is 12.0. The fourth-order valence-electron chi connectivity index (χ4n) is 2.50. The lowest BCUT2D eigenvalue weighted by Gasteiger charge is -2.30. The summed E-state index contributed by atoms with van der Waals surface area (Å²) in [5.41, 5.74) is 0.434. The number of anilines is 1. The van der Waals surface area contributed by atoms with E-state index in [-0.39, 0.29) is 28.9 Å². The van der Waals surface area contributed by atoms with Gasteiger partial charge < -0.3 is 10.1 Å². The van der Waals surface area contributed by atoms with Crippen LogP contribution in [0.4, 0.5) is 18.9 Å². The zero-order valence-corrected chi connectivity index (χ0v) is 12.6. The van der Waals surface area contributed by atoms with Gasteiger partial charge in [-0.15, -0.1) is 13.2 Å². The second-order valence-electron chi connectivity index (χ2n) is 6.11. The minimum Gasteiger partial charge on any atom is -0.406 e. The van der Waals surface area contributed by atoms with Crippen molar-refractivity contribution in [3.8, 4) is 11.8 Å². The van der Waals surface area contributed by atoms with Gasteiger partial charge in [-0.2, -0.15) is 5.26 Å². The molecule has 23 heavy (non-hydrogen) atoms. The lowest BCUT2D eigenvalue weighted by Crippen LogP contribution is -2.28. The molecule has 0 unspecified atom stereocenters. The van der Waals surface area contributed by atoms with Gasteiger partial charge in [0.25, 0.3) is 0 Å². The van der Waals surface area contributed by atoms with Crippen LogP contribution in [-0.4, -0.2) is 12.1 Å². The van der Waals surface area contributed by atoms with Crippen molar-refractivity contribution in [2.75, 3.05) is 5.32 Å². The SMILES string of the molecule is CC1(C)CC(=O)C(C#N)=C(Nc2cccc(OC(F)(F)F)c2)C1. The standard InChI is InChI=1S/C16H15F3N2O2/c1-15(2)7-13(12(9-20)14(22)8-15)21-10-4-3-5-11(6-10)23-16(17,18)19/h3-6,21H,7-8H2,1-2H3. The van der Waals surface area contributed by atoms with E-state index in [1.165, 1.54) is 24.3 Å². The van der Waals surface area contributed by atoms with Gasteiger partial charge in [-0.05, 0) is 24.0 Å². The number of alkyl halides is 3. The van der Waals surface area contributed by atoms with Crippen LogP contribution >= 0.6 is 0 Å². The van der Waals surface area contributed by atoms with Crippen molar-refractivity contribution >= 4 is 11.5 Å². The third-order valence-electron chi connectivity index (χ3n) is 3.35. The van der Waals surface area contributed by atoms with E-state index < -0.39 is 6.36 Å². The summed E-state index contributed by atoms with van der Waals surface area (Å²) in [5, 5.41) is 12.0. The second-order valence-corrected chi connectivity index (χ2v) is 6.11. The Bertz CT molecular complexity index is 700. The summed E-state index contributed by atoms with van der Waals surface area (Å²) in [6.07, 6.45) is -4.07. The molecule has 1 aliphatic rings. The Morgan fingerprint density at radius 3 is 2.61 bits per heavy atom. The number of carbonyl (C=O) groups is 1. The number of nitriles is 1. The van der Waals surface area contributed by atoms with Crippen LogP contribution in [0.5, 0.6) is 5.75 Å². The summed E-state index contributed by atoms with van der Waals surface area (Å²) in [5.74, 6) is -0.642. The quantitative estimate of drug-likeness (QED) is 0.906. The molecule has 1 aromatic rings. The molecular weight excluding hydrogens is 309 g/mol. The minimum atomic E-state index is -4.78. The highest BCUT2D eigenvalue weighted by molar-refractivity contribution is 6.01. The number of rotatable bonds is 3. The van der Waals surface area contributed by atoms with Gasteiger partial charge in [0.05, 0.1) is 0 Å². The number of Topliss-reactive ketones (excluding diaryl/α,β-unsaturated/α-hetero) is 1. The van der Waals surface area contributed by atoms with Crippen molar-refractivity contribution in [1.82, 2.24) is 0 Å². The average Bonchev–Trinajstić information content (AvgIpc) is 2.35. The first-order chi connectivity index (χ1) is 10.6. The van der Waals surface area contributed by atoms with Gasteiger partial charge in [-0.1, -0.05) is 19.9 Å². The zero-order valence-electron chi connectivity index (χ0n) is 12.6. The maximum Gasteiger partial charge on any atom is 0.573 e. The van der Waals surface area contributed by atoms with E-state index in [2.05, 4.69) is 10.1 Å². The fourth-order valence-corrected chi connectivity index (χ4v) is 2.50. The molecule has 2 rings (SSSR count). The highest BCUT2D eigenvalue weighted by atomic mass is 19.4. The van der Waals surface area contributed by atoms with Crippen molar-refractivity contribution in [3.63, 3.8) is 0 Å². The third-order valence-corrected chi connectivity index (χ3v) is 3.35. The highest BCUT2D eigenvalue weighted by Gasteiger charge is 2.33. The Balaban J connectivity index is 2.29. The first-order valence-corrected chi connectivity index (χ1v) is 6.89. The molecule has 0 radical (unpaired) electrons. The lowest BCUT2D eigenvalue weighted by molar-refractivity contribution is -0.274. The Labute approximate surface area is 131 Å². The zero-order chi connectivity index (χ0) is 17.3. The summed E-state index contributed by atoms with van der Waals surface area (Å²) < 4.78 is 40.6. The molecule has 0 saturated carbocycles. The molecular formula is C16H15F3N2O2. The van der Waals surface area contributed by atoms with Crippen LogP contribution in [0.2, 0.25) is 0 Å². The number of nitrogens with one attached hydrogen (secondary N) is 1. The fraction of sp³-hybridized carbons (Fsp3) is 0.375. The molecule has 1 N–H and O–H groups in total. The van der Waals surface area contributed by atoms with Crippen molar-refractivity contribution in [3.05, 3.63) is 35.5 Å². The van der Waals surface area contributed by atoms with Crippen molar-refractivity contribution in [1.29, 1.82) is 5.26 Å². The molecule has 0 spiro atoms. The molecule has 0 aromatic heterocycles. The predicted octanol–water partition coefficient (Wildman–Crippen LogP) is 4.16. The number of benzene rings is 1. The second kappa shape index (κ2) is 5.95. The summed E-state index contributed by atoms with van der Waals surface area (Å²) in [7, 11) is 0. The first kappa shape index (κ1) is 16.9. The van der Waals surface area contributed by atoms with E-state index in [9.17, 15) is 18.0 Å².